The van der Waals surface area contributed by atoms with Crippen molar-refractivity contribution in [3.05, 3.63) is 69.3 Å². The van der Waals surface area contributed by atoms with E-state index in [0.29, 0.717) is 38.9 Å². The van der Waals surface area contributed by atoms with E-state index in [9.17, 15) is 18.3 Å². The summed E-state index contributed by atoms with van der Waals surface area (Å²) >= 11 is 12.4. The minimum atomic E-state index is -3.22. The topological polar surface area (TPSA) is 103 Å². The fraction of sp³-hybridized carbons (Fsp3) is 0.238. The van der Waals surface area contributed by atoms with Crippen molar-refractivity contribution in [1.29, 1.82) is 0 Å². The van der Waals surface area contributed by atoms with E-state index in [-0.39, 0.29) is 28.9 Å². The number of phenolic OH excluding ortho intramolecular Hbond substituents is 1. The Labute approximate surface area is 188 Å². The highest BCUT2D eigenvalue weighted by atomic mass is 35.5. The summed E-state index contributed by atoms with van der Waals surface area (Å²) in [4.78, 5) is 15.0. The lowest BCUT2D eigenvalue weighted by molar-refractivity contribution is 0.0678. The maximum absolute atomic E-state index is 13.4. The van der Waals surface area contributed by atoms with E-state index in [2.05, 4.69) is 10.2 Å². The van der Waals surface area contributed by atoms with Gasteiger partial charge in [-0.25, -0.2) is 8.42 Å². The normalized spacial score (nSPS) is 22.1. The molecular weight excluding hydrogens is 461 g/mol. The minimum Gasteiger partial charge on any atom is -0.507 e. The van der Waals surface area contributed by atoms with Crippen LogP contribution >= 0.6 is 23.2 Å². The Hall–Kier alpha value is -2.55. The Morgan fingerprint density at radius 2 is 1.90 bits per heavy atom. The third kappa shape index (κ3) is 3.30. The van der Waals surface area contributed by atoms with Gasteiger partial charge in [-0.2, -0.15) is 5.10 Å². The van der Waals surface area contributed by atoms with Crippen LogP contribution < -0.4 is 0 Å². The lowest BCUT2D eigenvalue weighted by Crippen LogP contribution is -2.40. The number of halogens is 2. The maximum Gasteiger partial charge on any atom is 0.273 e. The summed E-state index contributed by atoms with van der Waals surface area (Å²) in [5.74, 6) is -0.366. The van der Waals surface area contributed by atoms with Crippen molar-refractivity contribution in [1.82, 2.24) is 15.1 Å². The zero-order valence-corrected chi connectivity index (χ0v) is 18.4. The Kier molecular flexibility index (Phi) is 4.76. The first kappa shape index (κ1) is 20.4. The number of benzene rings is 2. The average Bonchev–Trinajstić information content (AvgIpc) is 3.38. The number of aromatic nitrogens is 2. The summed E-state index contributed by atoms with van der Waals surface area (Å²) in [5, 5.41) is 18.2. The smallest absolute Gasteiger partial charge is 0.273 e. The number of phenols is 1. The SMILES string of the molecule is O=C1c2[nH]nc(-c3ccccc3O)c2[C@@H](c2ccc(Cl)c(Cl)c2)N1[C@@H]1CCS(=O)(=O)C1. The third-order valence-electron chi connectivity index (χ3n) is 5.82. The highest BCUT2D eigenvalue weighted by Gasteiger charge is 2.48. The lowest BCUT2D eigenvalue weighted by atomic mass is 9.95. The van der Waals surface area contributed by atoms with Crippen LogP contribution in [0.5, 0.6) is 5.75 Å². The molecule has 1 aromatic heterocycles. The second-order valence-electron chi connectivity index (χ2n) is 7.72. The molecule has 0 aliphatic carbocycles. The number of hydrogen-bond donors (Lipinski definition) is 2. The zero-order chi connectivity index (χ0) is 21.9. The molecule has 2 aliphatic heterocycles. The van der Waals surface area contributed by atoms with Crippen LogP contribution in [0.3, 0.4) is 0 Å². The summed E-state index contributed by atoms with van der Waals surface area (Å²) in [5.41, 5.74) is 2.44. The van der Waals surface area contributed by atoms with Gasteiger partial charge < -0.3 is 10.0 Å². The standard InChI is InChI=1S/C21H17Cl2N3O4S/c22-14-6-5-11(9-15(14)23)20-17-18(13-3-1-2-4-16(13)27)24-25-19(17)21(28)26(20)12-7-8-31(29,30)10-12/h1-6,9,12,20,27H,7-8,10H2,(H,24,25)/t12-,20-/m1/s1. The molecule has 5 rings (SSSR count). The van der Waals surface area contributed by atoms with Gasteiger partial charge in [0.25, 0.3) is 5.91 Å². The van der Waals surface area contributed by atoms with Crippen LogP contribution in [0.2, 0.25) is 10.0 Å². The predicted octanol–water partition coefficient (Wildman–Crippen LogP) is 3.82. The predicted molar refractivity (Wildman–Crippen MR) is 117 cm³/mol. The van der Waals surface area contributed by atoms with Gasteiger partial charge in [0.05, 0.1) is 27.6 Å². The number of amides is 1. The number of para-hydroxylation sites is 1. The molecule has 1 fully saturated rings. The van der Waals surface area contributed by atoms with Gasteiger partial charge in [0.15, 0.2) is 9.84 Å². The Morgan fingerprint density at radius 3 is 2.58 bits per heavy atom. The molecule has 0 bridgehead atoms. The number of hydrogen-bond acceptors (Lipinski definition) is 5. The monoisotopic (exact) mass is 477 g/mol. The Morgan fingerprint density at radius 1 is 1.13 bits per heavy atom. The van der Waals surface area contributed by atoms with E-state index < -0.39 is 21.9 Å². The molecule has 2 aromatic carbocycles. The van der Waals surface area contributed by atoms with Gasteiger partial charge >= 0.3 is 0 Å². The summed E-state index contributed by atoms with van der Waals surface area (Å²) < 4.78 is 24.3. The van der Waals surface area contributed by atoms with Crippen LogP contribution in [0.15, 0.2) is 42.5 Å². The Balaban J connectivity index is 1.71. The number of aromatic amines is 1. The molecule has 1 amide bonds. The van der Waals surface area contributed by atoms with Gasteiger partial charge in [0, 0.05) is 17.2 Å². The third-order valence-corrected chi connectivity index (χ3v) is 8.31. The van der Waals surface area contributed by atoms with Crippen LogP contribution in [0, 0.1) is 0 Å². The van der Waals surface area contributed by atoms with Crippen molar-refractivity contribution < 1.29 is 18.3 Å². The van der Waals surface area contributed by atoms with Gasteiger partial charge in [-0.15, -0.1) is 0 Å². The van der Waals surface area contributed by atoms with Crippen molar-refractivity contribution in [3.63, 3.8) is 0 Å². The highest BCUT2D eigenvalue weighted by Crippen LogP contribution is 2.47. The molecule has 0 saturated carbocycles. The van der Waals surface area contributed by atoms with Crippen LogP contribution in [-0.2, 0) is 9.84 Å². The highest BCUT2D eigenvalue weighted by molar-refractivity contribution is 7.91. The number of fused-ring (bicyclic) bond motifs is 1. The molecule has 2 N–H and O–H groups in total. The van der Waals surface area contributed by atoms with Gasteiger partial charge in [-0.3, -0.25) is 9.89 Å². The summed E-state index contributed by atoms with van der Waals surface area (Å²) in [6.07, 6.45) is 0.357. The number of nitrogens with one attached hydrogen (secondary N) is 1. The second kappa shape index (κ2) is 7.25. The lowest BCUT2D eigenvalue weighted by Gasteiger charge is -2.31. The first-order valence-corrected chi connectivity index (χ1v) is 12.2. The number of carbonyl (C=O) groups is 1. The van der Waals surface area contributed by atoms with Crippen LogP contribution in [0.1, 0.15) is 34.1 Å². The molecule has 2 aliphatic rings. The van der Waals surface area contributed by atoms with Crippen molar-refractivity contribution in [2.24, 2.45) is 0 Å². The molecule has 0 radical (unpaired) electrons. The number of aromatic hydroxyl groups is 1. The molecule has 0 spiro atoms. The fourth-order valence-corrected chi connectivity index (χ4v) is 6.44. The summed E-state index contributed by atoms with van der Waals surface area (Å²) in [6, 6.07) is 10.7. The molecule has 1 saturated heterocycles. The van der Waals surface area contributed by atoms with E-state index in [0.717, 1.165) is 0 Å². The van der Waals surface area contributed by atoms with E-state index in [1.165, 1.54) is 0 Å². The molecule has 2 atom stereocenters. The van der Waals surface area contributed by atoms with Crippen molar-refractivity contribution in [2.75, 3.05) is 11.5 Å². The number of carbonyl (C=O) groups excluding carboxylic acids is 1. The number of sulfone groups is 1. The van der Waals surface area contributed by atoms with Crippen molar-refractivity contribution >= 4 is 38.9 Å². The van der Waals surface area contributed by atoms with Gasteiger partial charge in [-0.05, 0) is 36.2 Å². The second-order valence-corrected chi connectivity index (χ2v) is 10.8. The number of rotatable bonds is 3. The molecular formula is C21H17Cl2N3O4S. The van der Waals surface area contributed by atoms with Crippen molar-refractivity contribution in [2.45, 2.75) is 18.5 Å². The van der Waals surface area contributed by atoms with E-state index in [1.807, 2.05) is 0 Å². The summed E-state index contributed by atoms with van der Waals surface area (Å²) in [7, 11) is -3.22. The van der Waals surface area contributed by atoms with Gasteiger partial charge in [-0.1, -0.05) is 41.4 Å². The van der Waals surface area contributed by atoms with E-state index in [4.69, 9.17) is 23.2 Å². The van der Waals surface area contributed by atoms with E-state index in [1.54, 1.807) is 47.4 Å². The Bertz CT molecular complexity index is 1320. The zero-order valence-electron chi connectivity index (χ0n) is 16.0. The minimum absolute atomic E-state index is 0.0269. The quantitative estimate of drug-likeness (QED) is 0.596. The van der Waals surface area contributed by atoms with Gasteiger partial charge in [0.2, 0.25) is 0 Å². The number of H-pyrrole nitrogens is 1. The number of nitrogens with zero attached hydrogens (tertiary/aromatic N) is 2. The van der Waals surface area contributed by atoms with Crippen molar-refractivity contribution in [3.8, 4) is 17.0 Å². The van der Waals surface area contributed by atoms with Crippen LogP contribution in [-0.4, -0.2) is 52.1 Å². The van der Waals surface area contributed by atoms with Crippen LogP contribution in [0.25, 0.3) is 11.3 Å². The largest absolute Gasteiger partial charge is 0.507 e. The molecule has 7 nitrogen and oxygen atoms in total. The first-order valence-electron chi connectivity index (χ1n) is 9.61. The first-order chi connectivity index (χ1) is 14.8. The maximum atomic E-state index is 13.4. The van der Waals surface area contributed by atoms with E-state index >= 15 is 0 Å². The summed E-state index contributed by atoms with van der Waals surface area (Å²) in [6.45, 7) is 0. The van der Waals surface area contributed by atoms with Crippen LogP contribution in [0.4, 0.5) is 0 Å². The average molecular weight is 478 g/mol. The molecule has 160 valence electrons. The molecule has 3 aromatic rings. The molecule has 0 unspecified atom stereocenters. The van der Waals surface area contributed by atoms with Gasteiger partial charge in [0.1, 0.15) is 17.1 Å². The fourth-order valence-electron chi connectivity index (χ4n) is 4.43. The molecule has 3 heterocycles. The molecule has 10 heteroatoms. The molecule has 31 heavy (non-hydrogen) atoms.